The van der Waals surface area contributed by atoms with Gasteiger partial charge >= 0.3 is 124 Å². The van der Waals surface area contributed by atoms with Crippen LogP contribution in [0.3, 0.4) is 0 Å². The molecular formula is C15H16FHgO. The number of hydrogen-bond acceptors (Lipinski definition) is 1. The third-order valence-electron chi connectivity index (χ3n) is 3.23. The summed E-state index contributed by atoms with van der Waals surface area (Å²) in [6.07, 6.45) is 0. The summed E-state index contributed by atoms with van der Waals surface area (Å²) in [6, 6.07) is 12.7. The van der Waals surface area contributed by atoms with E-state index in [1.54, 1.807) is 0 Å². The van der Waals surface area contributed by atoms with Crippen molar-refractivity contribution in [1.82, 2.24) is 0 Å². The molecule has 0 amide bonds. The van der Waals surface area contributed by atoms with Crippen molar-refractivity contribution in [2.45, 2.75) is 19.4 Å². The monoisotopic (exact) mass is 433 g/mol. The molecule has 1 nitrogen and oxygen atoms in total. The minimum absolute atomic E-state index is 0.160. The van der Waals surface area contributed by atoms with E-state index in [9.17, 15) is 4.39 Å². The molecule has 3 heteroatoms. The van der Waals surface area contributed by atoms with Gasteiger partial charge < -0.3 is 0 Å². The van der Waals surface area contributed by atoms with Gasteiger partial charge in [-0.1, -0.05) is 0 Å². The number of fused-ring (bicyclic) bond motifs is 1. The van der Waals surface area contributed by atoms with Crippen molar-refractivity contribution >= 4 is 13.8 Å². The summed E-state index contributed by atoms with van der Waals surface area (Å²) in [5.74, 6) is 0. The van der Waals surface area contributed by atoms with Gasteiger partial charge in [0.2, 0.25) is 0 Å². The van der Waals surface area contributed by atoms with Crippen LogP contribution in [-0.2, 0) is 36.5 Å². The molecule has 0 spiro atoms. The van der Waals surface area contributed by atoms with Crippen LogP contribution in [0.2, 0.25) is 0 Å². The maximum atomic E-state index is 12.3. The average molecular weight is 432 g/mol. The first kappa shape index (κ1) is 13.9. The van der Waals surface area contributed by atoms with Crippen LogP contribution >= 0.6 is 0 Å². The van der Waals surface area contributed by atoms with Crippen LogP contribution in [0.15, 0.2) is 36.4 Å². The van der Waals surface area contributed by atoms with E-state index in [2.05, 4.69) is 36.4 Å². The second kappa shape index (κ2) is 5.66. The van der Waals surface area contributed by atoms with Gasteiger partial charge in [-0.2, -0.15) is 0 Å². The molecule has 91 valence electrons. The van der Waals surface area contributed by atoms with Gasteiger partial charge in [-0.15, -0.1) is 0 Å². The molecule has 0 bridgehead atoms. The normalized spacial score (nSPS) is 12.1. The van der Waals surface area contributed by atoms with E-state index >= 15 is 0 Å². The zero-order chi connectivity index (χ0) is 13.2. The van der Waals surface area contributed by atoms with E-state index in [4.69, 9.17) is 4.74 Å². The Morgan fingerprint density at radius 1 is 1.17 bits per heavy atom. The molecule has 0 atom stereocenters. The van der Waals surface area contributed by atoms with Crippen LogP contribution < -0.4 is 3.07 Å². The molecule has 0 fully saturated rings. The van der Waals surface area contributed by atoms with E-state index in [1.807, 2.05) is 13.8 Å². The third-order valence-corrected chi connectivity index (χ3v) is 6.19. The first-order valence-electron chi connectivity index (χ1n) is 6.10. The summed E-state index contributed by atoms with van der Waals surface area (Å²) < 4.78 is 19.3. The Kier molecular flexibility index (Phi) is 4.39. The van der Waals surface area contributed by atoms with Gasteiger partial charge in [0, 0.05) is 0 Å². The van der Waals surface area contributed by atoms with Crippen molar-refractivity contribution in [3.8, 4) is 0 Å². The summed E-state index contributed by atoms with van der Waals surface area (Å²) in [5, 5.41) is 2.59. The second-order valence-electron chi connectivity index (χ2n) is 4.86. The van der Waals surface area contributed by atoms with E-state index in [0.29, 0.717) is 26.1 Å². The number of halogens is 1. The summed E-state index contributed by atoms with van der Waals surface area (Å²) in [5.41, 5.74) is 0.797. The molecule has 0 heterocycles. The summed E-state index contributed by atoms with van der Waals surface area (Å²) in [7, 11) is 0. The van der Waals surface area contributed by atoms with Gasteiger partial charge in [-0.25, -0.2) is 0 Å². The Morgan fingerprint density at radius 3 is 2.61 bits per heavy atom. The Hall–Kier alpha value is -0.475. The van der Waals surface area contributed by atoms with Crippen molar-refractivity contribution < 1.29 is 35.2 Å². The van der Waals surface area contributed by atoms with Crippen molar-refractivity contribution in [3.63, 3.8) is 0 Å². The molecule has 18 heavy (non-hydrogen) atoms. The van der Waals surface area contributed by atoms with Crippen molar-refractivity contribution in [2.75, 3.05) is 13.3 Å². The molecule has 2 rings (SSSR count). The molecule has 0 radical (unpaired) electrons. The number of alkyl halides is 1. The van der Waals surface area contributed by atoms with Gasteiger partial charge in [-0.3, -0.25) is 0 Å². The molecule has 2 aromatic carbocycles. The Labute approximate surface area is 123 Å². The second-order valence-corrected chi connectivity index (χ2v) is 7.61. The van der Waals surface area contributed by atoms with E-state index in [0.717, 1.165) is 0 Å². The first-order valence-corrected chi connectivity index (χ1v) is 8.85. The molecule has 2 aromatic rings. The van der Waals surface area contributed by atoms with Crippen LogP contribution in [0, 0.1) is 0 Å². The molecule has 0 saturated carbocycles. The van der Waals surface area contributed by atoms with Crippen molar-refractivity contribution in [2.24, 2.45) is 0 Å². The third kappa shape index (κ3) is 2.75. The predicted octanol–water partition coefficient (Wildman–Crippen LogP) is 3.23. The Morgan fingerprint density at radius 2 is 1.89 bits per heavy atom. The van der Waals surface area contributed by atoms with E-state index < -0.39 is 12.3 Å². The number of ether oxygens (including phenoxy) is 1. The van der Waals surface area contributed by atoms with Crippen molar-refractivity contribution in [3.05, 3.63) is 42.0 Å². The Bertz CT molecular complexity index is 551. The number of benzene rings is 2. The molecule has 0 N–H and O–H groups in total. The standard InChI is InChI=1S/C15H16FO.Hg/c1-15(2,17-10-9-16)14-8-7-12-5-3-4-6-13(12)11-14;/h3-8H,9-10H2,1-2H3;. The zero-order valence-corrected chi connectivity index (χ0v) is 16.4. The molecule has 0 aromatic heterocycles. The van der Waals surface area contributed by atoms with Crippen LogP contribution in [-0.4, -0.2) is 13.3 Å². The topological polar surface area (TPSA) is 9.23 Å². The molecule has 0 saturated heterocycles. The number of rotatable bonds is 4. The number of hydrogen-bond donors (Lipinski definition) is 0. The molecular weight excluding hydrogens is 416 g/mol. The SMILES string of the molecule is CC(C)(OCCF)c1ccc2ccccc2[c]1[Hg]. The molecule has 0 unspecified atom stereocenters. The summed E-state index contributed by atoms with van der Waals surface area (Å²) in [6.45, 7) is 3.76. The first-order chi connectivity index (χ1) is 8.56. The van der Waals surface area contributed by atoms with Crippen LogP contribution in [0.1, 0.15) is 19.4 Å². The van der Waals surface area contributed by atoms with Crippen LogP contribution in [0.5, 0.6) is 0 Å². The quantitative estimate of drug-likeness (QED) is 0.675. The van der Waals surface area contributed by atoms with Gasteiger partial charge in [-0.05, 0) is 0 Å². The fourth-order valence-corrected chi connectivity index (χ4v) is 5.64. The molecule has 0 aliphatic carbocycles. The summed E-state index contributed by atoms with van der Waals surface area (Å²) in [4.78, 5) is 0. The molecule has 0 aliphatic rings. The van der Waals surface area contributed by atoms with E-state index in [1.165, 1.54) is 19.4 Å². The van der Waals surface area contributed by atoms with Crippen LogP contribution in [0.25, 0.3) is 10.8 Å². The Balaban J connectivity index is 2.48. The maximum absolute atomic E-state index is 12.3. The fraction of sp³-hybridized carbons (Fsp3) is 0.333. The van der Waals surface area contributed by atoms with Crippen molar-refractivity contribution in [1.29, 1.82) is 0 Å². The fourth-order valence-electron chi connectivity index (χ4n) is 2.27. The van der Waals surface area contributed by atoms with Gasteiger partial charge in [0.25, 0.3) is 0 Å². The van der Waals surface area contributed by atoms with Gasteiger partial charge in [0.1, 0.15) is 0 Å². The predicted molar refractivity (Wildman–Crippen MR) is 68.5 cm³/mol. The van der Waals surface area contributed by atoms with E-state index in [-0.39, 0.29) is 6.61 Å². The minimum atomic E-state index is -0.432. The van der Waals surface area contributed by atoms with Crippen LogP contribution in [0.4, 0.5) is 4.39 Å². The summed E-state index contributed by atoms with van der Waals surface area (Å²) >= 11 is 0.498. The van der Waals surface area contributed by atoms with Gasteiger partial charge in [0.05, 0.1) is 0 Å². The van der Waals surface area contributed by atoms with Gasteiger partial charge in [0.15, 0.2) is 0 Å². The average Bonchev–Trinajstić information content (AvgIpc) is 2.37. The molecule has 0 aliphatic heterocycles. The zero-order valence-electron chi connectivity index (χ0n) is 10.9.